The Labute approximate surface area is 150 Å². The van der Waals surface area contributed by atoms with Gasteiger partial charge in [-0.3, -0.25) is 4.98 Å². The first-order valence-corrected chi connectivity index (χ1v) is 8.37. The van der Waals surface area contributed by atoms with E-state index >= 15 is 0 Å². The molecular formula is C20H18N4O2. The van der Waals surface area contributed by atoms with Gasteiger partial charge in [-0.1, -0.05) is 36.4 Å². The number of nitrogens with zero attached hydrogens (tertiary/aromatic N) is 4. The minimum atomic E-state index is -0.682. The third-order valence-electron chi connectivity index (χ3n) is 4.10. The molecule has 0 aliphatic rings. The number of benzene rings is 2. The molecule has 0 spiro atoms. The largest absolute Gasteiger partial charge is 0.490 e. The van der Waals surface area contributed by atoms with E-state index in [1.165, 1.54) is 0 Å². The van der Waals surface area contributed by atoms with Gasteiger partial charge in [-0.15, -0.1) is 0 Å². The third kappa shape index (κ3) is 3.41. The van der Waals surface area contributed by atoms with Crippen LogP contribution in [0.15, 0.2) is 73.4 Å². The Hall–Kier alpha value is -3.25. The lowest BCUT2D eigenvalue weighted by atomic mass is 10.1. The van der Waals surface area contributed by atoms with Crippen molar-refractivity contribution in [3.05, 3.63) is 73.4 Å². The smallest absolute Gasteiger partial charge is 0.160 e. The van der Waals surface area contributed by atoms with Crippen LogP contribution in [0.25, 0.3) is 22.3 Å². The van der Waals surface area contributed by atoms with Crippen LogP contribution < -0.4 is 4.74 Å². The standard InChI is InChI=1S/C20H18N4O2/c25-16(13-24-11-10-23-20(24)18-12-21-8-9-22-18)14-26-19-7-3-5-15-4-1-2-6-17(15)19/h1-12,16,25H,13-14H2. The molecule has 1 unspecified atom stereocenters. The molecule has 0 saturated carbocycles. The van der Waals surface area contributed by atoms with Crippen molar-refractivity contribution in [2.45, 2.75) is 12.6 Å². The van der Waals surface area contributed by atoms with Gasteiger partial charge in [-0.25, -0.2) is 9.97 Å². The van der Waals surface area contributed by atoms with E-state index in [1.807, 2.05) is 53.2 Å². The van der Waals surface area contributed by atoms with Crippen LogP contribution in [0.5, 0.6) is 5.75 Å². The second-order valence-electron chi connectivity index (χ2n) is 5.94. The number of ether oxygens (including phenoxy) is 1. The first kappa shape index (κ1) is 16.2. The Bertz CT molecular complexity index is 996. The quantitative estimate of drug-likeness (QED) is 0.581. The summed E-state index contributed by atoms with van der Waals surface area (Å²) in [6.45, 7) is 0.544. The lowest BCUT2D eigenvalue weighted by Crippen LogP contribution is -2.23. The van der Waals surface area contributed by atoms with E-state index in [1.54, 1.807) is 24.8 Å². The predicted octanol–water partition coefficient (Wildman–Crippen LogP) is 2.93. The first-order chi connectivity index (χ1) is 12.8. The van der Waals surface area contributed by atoms with Crippen molar-refractivity contribution in [1.29, 1.82) is 0 Å². The van der Waals surface area contributed by atoms with Crippen LogP contribution in [0.3, 0.4) is 0 Å². The number of aliphatic hydroxyl groups excluding tert-OH is 1. The zero-order valence-electron chi connectivity index (χ0n) is 14.1. The van der Waals surface area contributed by atoms with E-state index in [-0.39, 0.29) is 6.61 Å². The highest BCUT2D eigenvalue weighted by atomic mass is 16.5. The van der Waals surface area contributed by atoms with Crippen LogP contribution >= 0.6 is 0 Å². The molecule has 0 aliphatic heterocycles. The molecule has 4 rings (SSSR count). The van der Waals surface area contributed by atoms with E-state index in [0.717, 1.165) is 16.5 Å². The second kappa shape index (κ2) is 7.33. The Morgan fingerprint density at radius 2 is 1.88 bits per heavy atom. The van der Waals surface area contributed by atoms with Gasteiger partial charge in [0.25, 0.3) is 0 Å². The van der Waals surface area contributed by atoms with Crippen molar-refractivity contribution in [2.75, 3.05) is 6.61 Å². The number of aliphatic hydroxyl groups is 1. The molecule has 0 radical (unpaired) electrons. The number of hydrogen-bond acceptors (Lipinski definition) is 5. The van der Waals surface area contributed by atoms with E-state index in [2.05, 4.69) is 15.0 Å². The Kier molecular flexibility index (Phi) is 4.57. The van der Waals surface area contributed by atoms with Crippen LogP contribution in [0.2, 0.25) is 0 Å². The molecule has 6 nitrogen and oxygen atoms in total. The van der Waals surface area contributed by atoms with Crippen molar-refractivity contribution in [3.63, 3.8) is 0 Å². The zero-order chi connectivity index (χ0) is 17.8. The highest BCUT2D eigenvalue weighted by molar-refractivity contribution is 5.88. The normalized spacial score (nSPS) is 12.2. The summed E-state index contributed by atoms with van der Waals surface area (Å²) >= 11 is 0. The second-order valence-corrected chi connectivity index (χ2v) is 5.94. The molecule has 2 heterocycles. The molecule has 26 heavy (non-hydrogen) atoms. The van der Waals surface area contributed by atoms with Gasteiger partial charge in [0.15, 0.2) is 5.82 Å². The molecule has 2 aromatic heterocycles. The summed E-state index contributed by atoms with van der Waals surface area (Å²) in [6.07, 6.45) is 7.70. The van der Waals surface area contributed by atoms with Gasteiger partial charge in [0, 0.05) is 30.2 Å². The van der Waals surface area contributed by atoms with Gasteiger partial charge in [-0.2, -0.15) is 0 Å². The Morgan fingerprint density at radius 1 is 1.00 bits per heavy atom. The van der Waals surface area contributed by atoms with Gasteiger partial charge in [0.1, 0.15) is 24.2 Å². The zero-order valence-corrected chi connectivity index (χ0v) is 14.1. The molecule has 1 N–H and O–H groups in total. The lowest BCUT2D eigenvalue weighted by molar-refractivity contribution is 0.0936. The van der Waals surface area contributed by atoms with Gasteiger partial charge < -0.3 is 14.4 Å². The van der Waals surface area contributed by atoms with Crippen LogP contribution in [0.4, 0.5) is 0 Å². The molecule has 6 heteroatoms. The molecule has 1 atom stereocenters. The first-order valence-electron chi connectivity index (χ1n) is 8.37. The van der Waals surface area contributed by atoms with E-state index in [0.29, 0.717) is 18.1 Å². The number of hydrogen-bond donors (Lipinski definition) is 1. The lowest BCUT2D eigenvalue weighted by Gasteiger charge is -2.15. The minimum Gasteiger partial charge on any atom is -0.490 e. The summed E-state index contributed by atoms with van der Waals surface area (Å²) in [5, 5.41) is 12.6. The number of imidazole rings is 1. The summed E-state index contributed by atoms with van der Waals surface area (Å²) in [4.78, 5) is 12.6. The summed E-state index contributed by atoms with van der Waals surface area (Å²) in [6, 6.07) is 13.9. The van der Waals surface area contributed by atoms with Gasteiger partial charge in [-0.05, 0) is 11.5 Å². The minimum absolute atomic E-state index is 0.187. The van der Waals surface area contributed by atoms with Gasteiger partial charge in [0.05, 0.1) is 12.7 Å². The predicted molar refractivity (Wildman–Crippen MR) is 98.7 cm³/mol. The number of fused-ring (bicyclic) bond motifs is 1. The fourth-order valence-corrected chi connectivity index (χ4v) is 2.89. The summed E-state index contributed by atoms with van der Waals surface area (Å²) < 4.78 is 7.71. The molecule has 4 aromatic rings. The van der Waals surface area contributed by atoms with Crippen LogP contribution in [0, 0.1) is 0 Å². The monoisotopic (exact) mass is 346 g/mol. The fraction of sp³-hybridized carbons (Fsp3) is 0.150. The SMILES string of the molecule is OC(COc1cccc2ccccc12)Cn1ccnc1-c1cnccn1. The van der Waals surface area contributed by atoms with Crippen molar-refractivity contribution < 1.29 is 9.84 Å². The molecule has 0 bridgehead atoms. The average molecular weight is 346 g/mol. The molecule has 0 amide bonds. The maximum atomic E-state index is 10.4. The molecular weight excluding hydrogens is 328 g/mol. The fourth-order valence-electron chi connectivity index (χ4n) is 2.89. The highest BCUT2D eigenvalue weighted by Gasteiger charge is 2.13. The van der Waals surface area contributed by atoms with Crippen LogP contribution in [-0.4, -0.2) is 37.3 Å². The number of aromatic nitrogens is 4. The molecule has 2 aromatic carbocycles. The van der Waals surface area contributed by atoms with Crippen molar-refractivity contribution in [2.24, 2.45) is 0 Å². The maximum Gasteiger partial charge on any atom is 0.160 e. The summed E-state index contributed by atoms with van der Waals surface area (Å²) in [5.74, 6) is 1.43. The van der Waals surface area contributed by atoms with Crippen LogP contribution in [-0.2, 0) is 6.54 Å². The Balaban J connectivity index is 1.45. The van der Waals surface area contributed by atoms with E-state index in [4.69, 9.17) is 4.74 Å². The van der Waals surface area contributed by atoms with Crippen LogP contribution in [0.1, 0.15) is 0 Å². The third-order valence-corrected chi connectivity index (χ3v) is 4.10. The van der Waals surface area contributed by atoms with Crippen molar-refractivity contribution >= 4 is 10.8 Å². The maximum absolute atomic E-state index is 10.4. The molecule has 0 aliphatic carbocycles. The van der Waals surface area contributed by atoms with Gasteiger partial charge in [0.2, 0.25) is 0 Å². The molecule has 130 valence electrons. The van der Waals surface area contributed by atoms with Crippen molar-refractivity contribution in [3.8, 4) is 17.3 Å². The Morgan fingerprint density at radius 3 is 2.77 bits per heavy atom. The van der Waals surface area contributed by atoms with E-state index < -0.39 is 6.10 Å². The van der Waals surface area contributed by atoms with Gasteiger partial charge >= 0.3 is 0 Å². The average Bonchev–Trinajstić information content (AvgIpc) is 3.15. The number of rotatable bonds is 6. The summed E-state index contributed by atoms with van der Waals surface area (Å²) in [7, 11) is 0. The topological polar surface area (TPSA) is 73.1 Å². The molecule has 0 saturated heterocycles. The summed E-state index contributed by atoms with van der Waals surface area (Å²) in [5.41, 5.74) is 0.666. The van der Waals surface area contributed by atoms with Crippen molar-refractivity contribution in [1.82, 2.24) is 19.5 Å². The molecule has 0 fully saturated rings. The highest BCUT2D eigenvalue weighted by Crippen LogP contribution is 2.25. The van der Waals surface area contributed by atoms with E-state index in [9.17, 15) is 5.11 Å².